The maximum absolute atomic E-state index is 11.5. The molecule has 3 N–H and O–H groups in total. The highest BCUT2D eigenvalue weighted by molar-refractivity contribution is 5.94. The van der Waals surface area contributed by atoms with Gasteiger partial charge in [-0.1, -0.05) is 13.0 Å². The Balaban J connectivity index is 2.28. The largest absolute Gasteiger partial charge is 0.481 e. The number of aliphatic carboxylic acids is 1. The SMILES string of the molecule is CC(CC(=O)O)CC(=O)NC(=O)NCc1ccccn1. The van der Waals surface area contributed by atoms with Gasteiger partial charge in [-0.3, -0.25) is 19.9 Å². The van der Waals surface area contributed by atoms with Crippen LogP contribution in [0.1, 0.15) is 25.5 Å². The Labute approximate surface area is 116 Å². The fourth-order valence-electron chi connectivity index (χ4n) is 1.58. The zero-order valence-corrected chi connectivity index (χ0v) is 11.1. The van der Waals surface area contributed by atoms with Crippen molar-refractivity contribution >= 4 is 17.9 Å². The van der Waals surface area contributed by atoms with Gasteiger partial charge in [0, 0.05) is 19.0 Å². The van der Waals surface area contributed by atoms with Gasteiger partial charge < -0.3 is 10.4 Å². The van der Waals surface area contributed by atoms with Gasteiger partial charge in [-0.05, 0) is 18.1 Å². The molecule has 1 atom stereocenters. The number of amides is 3. The number of urea groups is 1. The lowest BCUT2D eigenvalue weighted by Crippen LogP contribution is -2.39. The molecule has 0 saturated heterocycles. The first kappa shape index (κ1) is 15.6. The molecule has 0 aromatic carbocycles. The molecule has 0 saturated carbocycles. The minimum Gasteiger partial charge on any atom is -0.481 e. The molecular formula is C13H17N3O4. The number of rotatable bonds is 6. The van der Waals surface area contributed by atoms with Crippen LogP contribution in [-0.4, -0.2) is 28.0 Å². The third-order valence-electron chi connectivity index (χ3n) is 2.47. The van der Waals surface area contributed by atoms with Crippen molar-refractivity contribution in [1.82, 2.24) is 15.6 Å². The lowest BCUT2D eigenvalue weighted by atomic mass is 10.0. The zero-order valence-electron chi connectivity index (χ0n) is 11.1. The van der Waals surface area contributed by atoms with E-state index in [4.69, 9.17) is 5.11 Å². The van der Waals surface area contributed by atoms with Crippen LogP contribution in [0.15, 0.2) is 24.4 Å². The lowest BCUT2D eigenvalue weighted by Gasteiger charge is -2.09. The number of hydrogen-bond donors (Lipinski definition) is 3. The number of hydrogen-bond acceptors (Lipinski definition) is 4. The van der Waals surface area contributed by atoms with E-state index >= 15 is 0 Å². The maximum Gasteiger partial charge on any atom is 0.321 e. The van der Waals surface area contributed by atoms with E-state index < -0.39 is 17.9 Å². The highest BCUT2D eigenvalue weighted by Crippen LogP contribution is 2.06. The van der Waals surface area contributed by atoms with Crippen molar-refractivity contribution in [3.63, 3.8) is 0 Å². The molecule has 20 heavy (non-hydrogen) atoms. The number of pyridine rings is 1. The Morgan fingerprint density at radius 1 is 1.30 bits per heavy atom. The molecule has 0 bridgehead atoms. The molecule has 7 heteroatoms. The molecule has 0 aliphatic heterocycles. The Bertz CT molecular complexity index is 476. The smallest absolute Gasteiger partial charge is 0.321 e. The third-order valence-corrected chi connectivity index (χ3v) is 2.47. The van der Waals surface area contributed by atoms with Gasteiger partial charge in [0.15, 0.2) is 0 Å². The van der Waals surface area contributed by atoms with E-state index in [1.54, 1.807) is 31.3 Å². The second-order valence-electron chi connectivity index (χ2n) is 4.46. The average molecular weight is 279 g/mol. The second kappa shape index (κ2) is 7.88. The van der Waals surface area contributed by atoms with Crippen LogP contribution in [-0.2, 0) is 16.1 Å². The first-order chi connectivity index (χ1) is 9.47. The van der Waals surface area contributed by atoms with E-state index in [-0.39, 0.29) is 25.3 Å². The summed E-state index contributed by atoms with van der Waals surface area (Å²) in [5, 5.41) is 13.2. The summed E-state index contributed by atoms with van der Waals surface area (Å²) in [5.74, 6) is -1.79. The van der Waals surface area contributed by atoms with Crippen LogP contribution >= 0.6 is 0 Å². The van der Waals surface area contributed by atoms with Crippen molar-refractivity contribution in [2.45, 2.75) is 26.3 Å². The number of nitrogens with one attached hydrogen (secondary N) is 2. The van der Waals surface area contributed by atoms with Crippen LogP contribution in [0.25, 0.3) is 0 Å². The molecule has 1 aromatic heterocycles. The van der Waals surface area contributed by atoms with E-state index in [0.717, 1.165) is 0 Å². The highest BCUT2D eigenvalue weighted by Gasteiger charge is 2.14. The summed E-state index contributed by atoms with van der Waals surface area (Å²) < 4.78 is 0. The molecule has 1 heterocycles. The molecule has 1 unspecified atom stereocenters. The zero-order chi connectivity index (χ0) is 15.0. The number of nitrogens with zero attached hydrogens (tertiary/aromatic N) is 1. The second-order valence-corrected chi connectivity index (χ2v) is 4.46. The highest BCUT2D eigenvalue weighted by atomic mass is 16.4. The van der Waals surface area contributed by atoms with Gasteiger partial charge in [0.05, 0.1) is 12.2 Å². The van der Waals surface area contributed by atoms with Crippen molar-refractivity contribution < 1.29 is 19.5 Å². The summed E-state index contributed by atoms with van der Waals surface area (Å²) in [5.41, 5.74) is 0.675. The van der Waals surface area contributed by atoms with E-state index in [1.807, 2.05) is 0 Å². The van der Waals surface area contributed by atoms with Crippen molar-refractivity contribution in [2.24, 2.45) is 5.92 Å². The third kappa shape index (κ3) is 6.48. The van der Waals surface area contributed by atoms with Crippen molar-refractivity contribution in [2.75, 3.05) is 0 Å². The lowest BCUT2D eigenvalue weighted by molar-refractivity contribution is -0.138. The number of carboxylic acids is 1. The van der Waals surface area contributed by atoms with Crippen LogP contribution < -0.4 is 10.6 Å². The van der Waals surface area contributed by atoms with Crippen LogP contribution in [0.3, 0.4) is 0 Å². The predicted molar refractivity (Wildman–Crippen MR) is 70.6 cm³/mol. The molecule has 1 rings (SSSR count). The van der Waals surface area contributed by atoms with E-state index in [0.29, 0.717) is 5.69 Å². The molecule has 0 spiro atoms. The molecule has 7 nitrogen and oxygen atoms in total. The summed E-state index contributed by atoms with van der Waals surface area (Å²) >= 11 is 0. The van der Waals surface area contributed by atoms with Gasteiger partial charge in [-0.2, -0.15) is 0 Å². The minimum absolute atomic E-state index is 0.0106. The van der Waals surface area contributed by atoms with E-state index in [9.17, 15) is 14.4 Å². The number of carbonyl (C=O) groups is 3. The van der Waals surface area contributed by atoms with Gasteiger partial charge in [-0.25, -0.2) is 4.79 Å². The summed E-state index contributed by atoms with van der Waals surface area (Å²) in [6.45, 7) is 1.85. The summed E-state index contributed by atoms with van der Waals surface area (Å²) in [6.07, 6.45) is 1.49. The summed E-state index contributed by atoms with van der Waals surface area (Å²) in [7, 11) is 0. The van der Waals surface area contributed by atoms with Gasteiger partial charge >= 0.3 is 12.0 Å². The fourth-order valence-corrected chi connectivity index (χ4v) is 1.58. The van der Waals surface area contributed by atoms with Crippen LogP contribution in [0.2, 0.25) is 0 Å². The quantitative estimate of drug-likeness (QED) is 0.717. The number of carboxylic acid groups (broad SMARTS) is 1. The molecule has 0 aliphatic carbocycles. The standard InChI is InChI=1S/C13H17N3O4/c1-9(7-12(18)19)6-11(17)16-13(20)15-8-10-4-2-3-5-14-10/h2-5,9H,6-8H2,1H3,(H,18,19)(H2,15,16,17,20). The predicted octanol–water partition coefficient (Wildman–Crippen LogP) is 0.908. The topological polar surface area (TPSA) is 108 Å². The Morgan fingerprint density at radius 3 is 2.65 bits per heavy atom. The van der Waals surface area contributed by atoms with Crippen molar-refractivity contribution in [3.8, 4) is 0 Å². The fraction of sp³-hybridized carbons (Fsp3) is 0.385. The molecule has 0 aliphatic rings. The van der Waals surface area contributed by atoms with Crippen LogP contribution in [0.4, 0.5) is 4.79 Å². The Morgan fingerprint density at radius 2 is 2.05 bits per heavy atom. The maximum atomic E-state index is 11.5. The van der Waals surface area contributed by atoms with Crippen molar-refractivity contribution in [1.29, 1.82) is 0 Å². The monoisotopic (exact) mass is 279 g/mol. The first-order valence-electron chi connectivity index (χ1n) is 6.16. The summed E-state index contributed by atoms with van der Waals surface area (Å²) in [4.78, 5) is 37.4. The molecule has 3 amide bonds. The number of aromatic nitrogens is 1. The average Bonchev–Trinajstić information content (AvgIpc) is 2.36. The normalized spacial score (nSPS) is 11.4. The van der Waals surface area contributed by atoms with E-state index in [2.05, 4.69) is 15.6 Å². The van der Waals surface area contributed by atoms with Gasteiger partial charge in [0.2, 0.25) is 5.91 Å². The van der Waals surface area contributed by atoms with E-state index in [1.165, 1.54) is 0 Å². The molecular weight excluding hydrogens is 262 g/mol. The Hall–Kier alpha value is -2.44. The molecule has 108 valence electrons. The summed E-state index contributed by atoms with van der Waals surface area (Å²) in [6, 6.07) is 4.68. The number of carbonyl (C=O) groups excluding carboxylic acids is 2. The molecule has 0 fully saturated rings. The van der Waals surface area contributed by atoms with Gasteiger partial charge in [0.1, 0.15) is 0 Å². The van der Waals surface area contributed by atoms with Crippen LogP contribution in [0, 0.1) is 5.92 Å². The molecule has 0 radical (unpaired) electrons. The molecule has 1 aromatic rings. The van der Waals surface area contributed by atoms with Crippen molar-refractivity contribution in [3.05, 3.63) is 30.1 Å². The number of imide groups is 1. The van der Waals surface area contributed by atoms with Crippen LogP contribution in [0.5, 0.6) is 0 Å². The van der Waals surface area contributed by atoms with Gasteiger partial charge in [-0.15, -0.1) is 0 Å². The minimum atomic E-state index is -0.968. The van der Waals surface area contributed by atoms with Gasteiger partial charge in [0.25, 0.3) is 0 Å². The first-order valence-corrected chi connectivity index (χ1v) is 6.16. The Kier molecular flexibility index (Phi) is 6.15.